The Labute approximate surface area is 225 Å². The second-order valence-electron chi connectivity index (χ2n) is 10.4. The zero-order valence-corrected chi connectivity index (χ0v) is 23.0. The van der Waals surface area contributed by atoms with E-state index in [-0.39, 0.29) is 31.0 Å². The maximum absolute atomic E-state index is 12.7. The molecule has 0 aliphatic heterocycles. The maximum Gasteiger partial charge on any atom is 0.390 e. The van der Waals surface area contributed by atoms with Gasteiger partial charge in [0.2, 0.25) is 5.91 Å². The lowest BCUT2D eigenvalue weighted by Crippen LogP contribution is -2.39. The maximum atomic E-state index is 12.7. The number of hydrogen-bond donors (Lipinski definition) is 1. The summed E-state index contributed by atoms with van der Waals surface area (Å²) in [6.07, 6.45) is -1.72. The van der Waals surface area contributed by atoms with Crippen LogP contribution in [0.5, 0.6) is 0 Å². The Morgan fingerprint density at radius 3 is 2.44 bits per heavy atom. The standard InChI is InChI=1S/C28H34F3N7O/c1-17(2)24-25(34-35-26(24)22-13-18(3)27-32-16-33-38(27)14-22)21-9-7-20(8-10-21)19(4)37(6)23(39)15-36(5)12-11-28(29,30)31/h7-10,13-14,16-17,19H,11-12,15H2,1-6H3,(H,34,35)/t19-/m0/s1. The van der Waals surface area contributed by atoms with Crippen LogP contribution in [0.2, 0.25) is 0 Å². The highest BCUT2D eigenvalue weighted by molar-refractivity contribution is 5.79. The lowest BCUT2D eigenvalue weighted by Gasteiger charge is -2.28. The lowest BCUT2D eigenvalue weighted by atomic mass is 9.93. The topological polar surface area (TPSA) is 82.4 Å². The lowest BCUT2D eigenvalue weighted by molar-refractivity contribution is -0.141. The number of benzene rings is 1. The van der Waals surface area contributed by atoms with Crippen molar-refractivity contribution < 1.29 is 18.0 Å². The van der Waals surface area contributed by atoms with Crippen LogP contribution in [0.25, 0.3) is 28.2 Å². The normalized spacial score (nSPS) is 13.0. The number of aromatic amines is 1. The number of pyridine rings is 1. The highest BCUT2D eigenvalue weighted by atomic mass is 19.4. The van der Waals surface area contributed by atoms with E-state index in [1.165, 1.54) is 18.3 Å². The number of carbonyl (C=O) groups excluding carboxylic acids is 1. The minimum absolute atomic E-state index is 0.0798. The fourth-order valence-corrected chi connectivity index (χ4v) is 4.68. The van der Waals surface area contributed by atoms with Crippen LogP contribution < -0.4 is 0 Å². The fraction of sp³-hybridized carbons (Fsp3) is 0.429. The van der Waals surface area contributed by atoms with Crippen molar-refractivity contribution in [3.05, 3.63) is 59.5 Å². The van der Waals surface area contributed by atoms with Gasteiger partial charge >= 0.3 is 6.18 Å². The van der Waals surface area contributed by atoms with Gasteiger partial charge in [-0.25, -0.2) is 9.50 Å². The molecule has 0 aliphatic rings. The van der Waals surface area contributed by atoms with Crippen molar-refractivity contribution in [3.63, 3.8) is 0 Å². The van der Waals surface area contributed by atoms with Crippen LogP contribution in [-0.4, -0.2) is 73.9 Å². The molecule has 39 heavy (non-hydrogen) atoms. The molecule has 1 amide bonds. The summed E-state index contributed by atoms with van der Waals surface area (Å²) in [5.41, 5.74) is 7.52. The van der Waals surface area contributed by atoms with Crippen LogP contribution in [0.1, 0.15) is 55.8 Å². The van der Waals surface area contributed by atoms with Gasteiger partial charge in [0.05, 0.1) is 30.4 Å². The number of hydrogen-bond acceptors (Lipinski definition) is 5. The summed E-state index contributed by atoms with van der Waals surface area (Å²) in [5, 5.41) is 12.2. The summed E-state index contributed by atoms with van der Waals surface area (Å²) in [6.45, 7) is 7.85. The zero-order valence-electron chi connectivity index (χ0n) is 23.0. The summed E-state index contributed by atoms with van der Waals surface area (Å²) in [7, 11) is 3.19. The highest BCUT2D eigenvalue weighted by Gasteiger charge is 2.28. The Hall–Kier alpha value is -3.73. The Kier molecular flexibility index (Phi) is 8.10. The van der Waals surface area contributed by atoms with Gasteiger partial charge in [-0.2, -0.15) is 23.4 Å². The van der Waals surface area contributed by atoms with E-state index in [9.17, 15) is 18.0 Å². The van der Waals surface area contributed by atoms with Crippen LogP contribution in [0.4, 0.5) is 13.2 Å². The molecule has 0 unspecified atom stereocenters. The number of likely N-dealkylation sites (N-methyl/N-ethyl adjacent to an activating group) is 2. The number of amides is 1. The first-order valence-corrected chi connectivity index (χ1v) is 12.9. The molecule has 0 radical (unpaired) electrons. The molecule has 0 saturated carbocycles. The molecule has 208 valence electrons. The summed E-state index contributed by atoms with van der Waals surface area (Å²) in [5.74, 6) is -0.0478. The summed E-state index contributed by atoms with van der Waals surface area (Å²) in [6, 6.07) is 9.74. The molecule has 3 aromatic heterocycles. The Morgan fingerprint density at radius 2 is 1.79 bits per heavy atom. The summed E-state index contributed by atoms with van der Waals surface area (Å²) >= 11 is 0. The van der Waals surface area contributed by atoms with Gasteiger partial charge in [-0.15, -0.1) is 0 Å². The third-order valence-electron chi connectivity index (χ3n) is 7.05. The predicted octanol–water partition coefficient (Wildman–Crippen LogP) is 5.62. The molecule has 8 nitrogen and oxygen atoms in total. The smallest absolute Gasteiger partial charge is 0.338 e. The molecule has 1 atom stereocenters. The van der Waals surface area contributed by atoms with Gasteiger partial charge in [0.15, 0.2) is 5.65 Å². The molecule has 1 aromatic carbocycles. The number of fused-ring (bicyclic) bond motifs is 1. The van der Waals surface area contributed by atoms with Crippen LogP contribution in [0.15, 0.2) is 42.9 Å². The Bertz CT molecular complexity index is 1440. The second kappa shape index (κ2) is 11.2. The second-order valence-corrected chi connectivity index (χ2v) is 10.4. The molecule has 4 aromatic rings. The van der Waals surface area contributed by atoms with Crippen LogP contribution in [0.3, 0.4) is 0 Å². The van der Waals surface area contributed by atoms with Crippen molar-refractivity contribution >= 4 is 11.6 Å². The van der Waals surface area contributed by atoms with E-state index in [0.29, 0.717) is 0 Å². The first-order valence-electron chi connectivity index (χ1n) is 12.9. The van der Waals surface area contributed by atoms with Gasteiger partial charge < -0.3 is 4.90 Å². The van der Waals surface area contributed by atoms with E-state index in [1.54, 1.807) is 16.5 Å². The molecule has 11 heteroatoms. The molecule has 1 N–H and O–H groups in total. The quantitative estimate of drug-likeness (QED) is 0.297. The van der Waals surface area contributed by atoms with Gasteiger partial charge in [-0.05, 0) is 49.6 Å². The van der Waals surface area contributed by atoms with E-state index in [4.69, 9.17) is 0 Å². The Balaban J connectivity index is 1.52. The number of carbonyl (C=O) groups is 1. The minimum atomic E-state index is -4.24. The van der Waals surface area contributed by atoms with Gasteiger partial charge in [0.1, 0.15) is 6.33 Å². The van der Waals surface area contributed by atoms with Crippen molar-refractivity contribution in [1.29, 1.82) is 0 Å². The number of aromatic nitrogens is 5. The van der Waals surface area contributed by atoms with Crippen LogP contribution in [-0.2, 0) is 4.79 Å². The van der Waals surface area contributed by atoms with Crippen molar-refractivity contribution in [1.82, 2.24) is 34.6 Å². The molecular formula is C28H34F3N7O. The summed E-state index contributed by atoms with van der Waals surface area (Å²) < 4.78 is 39.3. The summed E-state index contributed by atoms with van der Waals surface area (Å²) in [4.78, 5) is 20.0. The van der Waals surface area contributed by atoms with E-state index in [0.717, 1.165) is 44.9 Å². The van der Waals surface area contributed by atoms with E-state index in [1.807, 2.05) is 44.3 Å². The largest absolute Gasteiger partial charge is 0.390 e. The monoisotopic (exact) mass is 541 g/mol. The number of aryl methyl sites for hydroxylation is 1. The number of H-pyrrole nitrogens is 1. The van der Waals surface area contributed by atoms with Crippen molar-refractivity contribution in [2.75, 3.05) is 27.2 Å². The molecule has 0 fully saturated rings. The van der Waals surface area contributed by atoms with Crippen molar-refractivity contribution in [3.8, 4) is 22.5 Å². The third kappa shape index (κ3) is 6.30. The first kappa shape index (κ1) is 28.3. The van der Waals surface area contributed by atoms with Gasteiger partial charge in [0, 0.05) is 30.9 Å². The van der Waals surface area contributed by atoms with E-state index >= 15 is 0 Å². The number of rotatable bonds is 9. The highest BCUT2D eigenvalue weighted by Crippen LogP contribution is 2.36. The number of halogens is 3. The molecule has 0 saturated heterocycles. The predicted molar refractivity (Wildman–Crippen MR) is 144 cm³/mol. The molecule has 0 bridgehead atoms. The molecular weight excluding hydrogens is 507 g/mol. The SMILES string of the molecule is Cc1cc(-c2n[nH]c(-c3ccc([C@H](C)N(C)C(=O)CN(C)CCC(F)(F)F)cc3)c2C(C)C)cn2ncnc12. The van der Waals surface area contributed by atoms with Crippen LogP contribution >= 0.6 is 0 Å². The zero-order chi connectivity index (χ0) is 28.5. The number of nitrogens with zero attached hydrogens (tertiary/aromatic N) is 6. The van der Waals surface area contributed by atoms with Gasteiger partial charge in [-0.1, -0.05) is 38.1 Å². The number of alkyl halides is 3. The van der Waals surface area contributed by atoms with Gasteiger partial charge in [-0.3, -0.25) is 14.8 Å². The molecule has 4 rings (SSSR count). The fourth-order valence-electron chi connectivity index (χ4n) is 4.68. The average molecular weight is 542 g/mol. The average Bonchev–Trinajstić information content (AvgIpc) is 3.54. The van der Waals surface area contributed by atoms with Gasteiger partial charge in [0.25, 0.3) is 0 Å². The van der Waals surface area contributed by atoms with Crippen molar-refractivity contribution in [2.45, 2.75) is 52.3 Å². The van der Waals surface area contributed by atoms with Crippen molar-refractivity contribution in [2.24, 2.45) is 0 Å². The first-order chi connectivity index (χ1) is 18.4. The Morgan fingerprint density at radius 1 is 1.10 bits per heavy atom. The minimum Gasteiger partial charge on any atom is -0.338 e. The number of nitrogens with one attached hydrogen (secondary N) is 1. The molecule has 3 heterocycles. The molecule has 0 aliphatic carbocycles. The van der Waals surface area contributed by atoms with E-state index in [2.05, 4.69) is 40.2 Å². The third-order valence-corrected chi connectivity index (χ3v) is 7.05. The van der Waals surface area contributed by atoms with Crippen LogP contribution in [0, 0.1) is 6.92 Å². The van der Waals surface area contributed by atoms with E-state index < -0.39 is 12.6 Å². The molecule has 0 spiro atoms.